The van der Waals surface area contributed by atoms with E-state index in [1.54, 1.807) is 10.8 Å². The first-order chi connectivity index (χ1) is 13.7. The molecule has 0 saturated heterocycles. The van der Waals surface area contributed by atoms with Gasteiger partial charge < -0.3 is 0 Å². The van der Waals surface area contributed by atoms with Gasteiger partial charge >= 0.3 is 0 Å². The third-order valence-corrected chi connectivity index (χ3v) is 5.09. The van der Waals surface area contributed by atoms with Crippen molar-refractivity contribution in [2.75, 3.05) is 0 Å². The summed E-state index contributed by atoms with van der Waals surface area (Å²) in [7, 11) is 0. The Bertz CT molecular complexity index is 1270. The smallest absolute Gasteiger partial charge is 0.170 e. The molecule has 3 aromatic heterocycles. The van der Waals surface area contributed by atoms with Crippen LogP contribution in [0.3, 0.4) is 0 Å². The Hall–Kier alpha value is -3.54. The summed E-state index contributed by atoms with van der Waals surface area (Å²) >= 11 is 0. The van der Waals surface area contributed by atoms with Crippen molar-refractivity contribution in [3.8, 4) is 5.69 Å². The zero-order chi connectivity index (χ0) is 19.1. The van der Waals surface area contributed by atoms with Crippen LogP contribution in [-0.2, 0) is 0 Å². The number of fused-ring (bicyclic) bond motifs is 3. The third-order valence-electron chi connectivity index (χ3n) is 5.09. The van der Waals surface area contributed by atoms with Crippen molar-refractivity contribution in [1.29, 1.82) is 0 Å². The van der Waals surface area contributed by atoms with Crippen LogP contribution in [0.15, 0.2) is 67.1 Å². The Morgan fingerprint density at radius 3 is 2.64 bits per heavy atom. The Kier molecular flexibility index (Phi) is 3.90. The minimum absolute atomic E-state index is 0.156. The lowest BCUT2D eigenvalue weighted by Gasteiger charge is -2.10. The van der Waals surface area contributed by atoms with E-state index in [1.807, 2.05) is 29.1 Å². The van der Waals surface area contributed by atoms with Crippen LogP contribution in [0.5, 0.6) is 0 Å². The summed E-state index contributed by atoms with van der Waals surface area (Å²) in [4.78, 5) is 9.48. The van der Waals surface area contributed by atoms with E-state index in [9.17, 15) is 0 Å². The summed E-state index contributed by atoms with van der Waals surface area (Å²) in [6, 6.07) is 18.6. The molecule has 0 spiro atoms. The van der Waals surface area contributed by atoms with Crippen LogP contribution in [0.4, 0.5) is 0 Å². The fourth-order valence-corrected chi connectivity index (χ4v) is 3.69. The zero-order valence-electron chi connectivity index (χ0n) is 15.8. The van der Waals surface area contributed by atoms with Gasteiger partial charge in [-0.25, -0.2) is 19.2 Å². The Labute approximate surface area is 162 Å². The number of aryl methyl sites for hydroxylation is 1. The third kappa shape index (κ3) is 2.65. The molecule has 0 amide bonds. The molecule has 28 heavy (non-hydrogen) atoms. The van der Waals surface area contributed by atoms with Crippen LogP contribution < -0.4 is 0 Å². The lowest BCUT2D eigenvalue weighted by atomic mass is 9.96. The Balaban J connectivity index is 1.65. The number of hydrogen-bond donors (Lipinski definition) is 0. The molecule has 1 unspecified atom stereocenters. The SMILES string of the molecule is CCC(c1ccccc1)c1nc2c3cnn(-c4cccc(C)c4)c3ncn2n1. The maximum atomic E-state index is 4.87. The van der Waals surface area contributed by atoms with Crippen LogP contribution in [0.2, 0.25) is 0 Å². The van der Waals surface area contributed by atoms with Crippen LogP contribution >= 0.6 is 0 Å². The standard InChI is InChI=1S/C22H20N6/c1-3-18(16-9-5-4-6-10-16)20-25-22-19-13-24-28(17-11-7-8-15(2)12-17)21(19)23-14-27(22)26-20/h4-14,18H,3H2,1-2H3. The minimum atomic E-state index is 0.156. The predicted octanol–water partition coefficient (Wildman–Crippen LogP) is 4.31. The molecular weight excluding hydrogens is 348 g/mol. The molecular formula is C22H20N6. The van der Waals surface area contributed by atoms with Crippen molar-refractivity contribution < 1.29 is 0 Å². The van der Waals surface area contributed by atoms with E-state index in [0.29, 0.717) is 0 Å². The molecule has 0 radical (unpaired) electrons. The number of rotatable bonds is 4. The number of aromatic nitrogens is 6. The first-order valence-electron chi connectivity index (χ1n) is 9.45. The number of benzene rings is 2. The molecule has 6 nitrogen and oxygen atoms in total. The second kappa shape index (κ2) is 6.56. The Morgan fingerprint density at radius 2 is 1.86 bits per heavy atom. The quantitative estimate of drug-likeness (QED) is 0.474. The van der Waals surface area contributed by atoms with Crippen LogP contribution in [-0.4, -0.2) is 29.4 Å². The molecule has 0 aliphatic rings. The van der Waals surface area contributed by atoms with E-state index < -0.39 is 0 Å². The normalized spacial score (nSPS) is 12.6. The van der Waals surface area contributed by atoms with Gasteiger partial charge in [0.05, 0.1) is 17.3 Å². The van der Waals surface area contributed by atoms with Crippen molar-refractivity contribution in [3.05, 3.63) is 84.1 Å². The number of hydrogen-bond acceptors (Lipinski definition) is 4. The van der Waals surface area contributed by atoms with Crippen molar-refractivity contribution in [2.45, 2.75) is 26.2 Å². The highest BCUT2D eigenvalue weighted by Crippen LogP contribution is 2.27. The summed E-state index contributed by atoms with van der Waals surface area (Å²) < 4.78 is 3.61. The van der Waals surface area contributed by atoms with E-state index in [-0.39, 0.29) is 5.92 Å². The van der Waals surface area contributed by atoms with Gasteiger partial charge in [-0.15, -0.1) is 5.10 Å². The molecule has 0 fully saturated rings. The molecule has 5 rings (SSSR count). The predicted molar refractivity (Wildman–Crippen MR) is 109 cm³/mol. The molecule has 138 valence electrons. The van der Waals surface area contributed by atoms with Crippen LogP contribution in [0, 0.1) is 6.92 Å². The topological polar surface area (TPSA) is 60.9 Å². The van der Waals surface area contributed by atoms with Gasteiger partial charge in [0.1, 0.15) is 6.33 Å². The lowest BCUT2D eigenvalue weighted by molar-refractivity contribution is 0.711. The highest BCUT2D eigenvalue weighted by atomic mass is 15.3. The maximum Gasteiger partial charge on any atom is 0.170 e. The van der Waals surface area contributed by atoms with Crippen LogP contribution in [0.25, 0.3) is 22.4 Å². The van der Waals surface area contributed by atoms with E-state index in [2.05, 4.69) is 60.3 Å². The minimum Gasteiger partial charge on any atom is -0.216 e. The van der Waals surface area contributed by atoms with Crippen molar-refractivity contribution in [1.82, 2.24) is 29.4 Å². The molecule has 6 heteroatoms. The van der Waals surface area contributed by atoms with Crippen molar-refractivity contribution in [3.63, 3.8) is 0 Å². The van der Waals surface area contributed by atoms with E-state index in [1.165, 1.54) is 11.1 Å². The summed E-state index contributed by atoms with van der Waals surface area (Å²) in [5.74, 6) is 0.967. The van der Waals surface area contributed by atoms with E-state index in [0.717, 1.165) is 34.6 Å². The van der Waals surface area contributed by atoms with Gasteiger partial charge in [-0.1, -0.05) is 49.4 Å². The maximum absolute atomic E-state index is 4.87. The molecule has 5 aromatic rings. The second-order valence-electron chi connectivity index (χ2n) is 6.99. The molecule has 0 aliphatic carbocycles. The van der Waals surface area contributed by atoms with Gasteiger partial charge in [0.15, 0.2) is 17.1 Å². The van der Waals surface area contributed by atoms with Crippen molar-refractivity contribution in [2.24, 2.45) is 0 Å². The molecule has 2 aromatic carbocycles. The van der Waals surface area contributed by atoms with Crippen molar-refractivity contribution >= 4 is 16.7 Å². The summed E-state index contributed by atoms with van der Waals surface area (Å²) in [5.41, 5.74) is 4.96. The first-order valence-corrected chi connectivity index (χ1v) is 9.45. The average Bonchev–Trinajstić information content (AvgIpc) is 3.33. The van der Waals surface area contributed by atoms with E-state index >= 15 is 0 Å². The Morgan fingerprint density at radius 1 is 1.00 bits per heavy atom. The number of nitrogens with zero attached hydrogens (tertiary/aromatic N) is 6. The zero-order valence-corrected chi connectivity index (χ0v) is 15.8. The van der Waals surface area contributed by atoms with Gasteiger partial charge in [0.2, 0.25) is 0 Å². The molecule has 0 saturated carbocycles. The molecule has 0 bridgehead atoms. The monoisotopic (exact) mass is 368 g/mol. The molecule has 0 aliphatic heterocycles. The van der Waals surface area contributed by atoms with Gasteiger partial charge in [-0.05, 0) is 36.6 Å². The fraction of sp³-hybridized carbons (Fsp3) is 0.182. The van der Waals surface area contributed by atoms with Gasteiger partial charge in [-0.2, -0.15) is 5.10 Å². The molecule has 1 atom stereocenters. The van der Waals surface area contributed by atoms with Gasteiger partial charge in [0.25, 0.3) is 0 Å². The fourth-order valence-electron chi connectivity index (χ4n) is 3.69. The molecule has 3 heterocycles. The largest absolute Gasteiger partial charge is 0.216 e. The average molecular weight is 368 g/mol. The first kappa shape index (κ1) is 16.6. The second-order valence-corrected chi connectivity index (χ2v) is 6.99. The lowest BCUT2D eigenvalue weighted by Crippen LogP contribution is -2.02. The highest BCUT2D eigenvalue weighted by Gasteiger charge is 2.19. The summed E-state index contributed by atoms with van der Waals surface area (Å²) in [6.07, 6.45) is 4.47. The van der Waals surface area contributed by atoms with Gasteiger partial charge in [0, 0.05) is 5.92 Å². The van der Waals surface area contributed by atoms with Gasteiger partial charge in [-0.3, -0.25) is 0 Å². The summed E-state index contributed by atoms with van der Waals surface area (Å²) in [6.45, 7) is 4.23. The summed E-state index contributed by atoms with van der Waals surface area (Å²) in [5, 5.41) is 10.2. The van der Waals surface area contributed by atoms with Crippen LogP contribution in [0.1, 0.15) is 36.2 Å². The van der Waals surface area contributed by atoms with E-state index in [4.69, 9.17) is 10.1 Å². The highest BCUT2D eigenvalue weighted by molar-refractivity contribution is 5.89. The molecule has 0 N–H and O–H groups in total.